The van der Waals surface area contributed by atoms with Gasteiger partial charge in [0.1, 0.15) is 0 Å². The minimum Gasteiger partial charge on any atom is -0.349 e. The van der Waals surface area contributed by atoms with E-state index in [-0.39, 0.29) is 17.9 Å². The van der Waals surface area contributed by atoms with E-state index in [2.05, 4.69) is 23.5 Å². The van der Waals surface area contributed by atoms with Crippen LogP contribution in [0.3, 0.4) is 0 Å². The van der Waals surface area contributed by atoms with Crippen LogP contribution in [0.4, 0.5) is 0 Å². The summed E-state index contributed by atoms with van der Waals surface area (Å²) in [6.45, 7) is 6.85. The van der Waals surface area contributed by atoms with Crippen molar-refractivity contribution in [2.45, 2.75) is 39.7 Å². The molecule has 1 saturated heterocycles. The van der Waals surface area contributed by atoms with Crippen LogP contribution in [0.5, 0.6) is 0 Å². The number of carbonyl (C=O) groups is 1. The second-order valence-corrected chi connectivity index (χ2v) is 9.20. The van der Waals surface area contributed by atoms with E-state index in [0.29, 0.717) is 25.9 Å². The normalized spacial score (nSPS) is 18.3. The van der Waals surface area contributed by atoms with Crippen LogP contribution in [-0.4, -0.2) is 50.1 Å². The van der Waals surface area contributed by atoms with Gasteiger partial charge in [-0.1, -0.05) is 23.8 Å². The molecule has 1 aliphatic heterocycles. The van der Waals surface area contributed by atoms with Gasteiger partial charge in [-0.25, -0.2) is 0 Å². The average Bonchev–Trinajstić information content (AvgIpc) is 2.56. The van der Waals surface area contributed by atoms with Crippen LogP contribution < -0.4 is 5.32 Å². The molecule has 2 rings (SSSR count). The van der Waals surface area contributed by atoms with Gasteiger partial charge < -0.3 is 5.32 Å². The maximum Gasteiger partial charge on any atom is 0.281 e. The fourth-order valence-electron chi connectivity index (χ4n) is 3.22. The number of aryl methyl sites for hydroxylation is 2. The molecule has 0 aromatic heterocycles. The van der Waals surface area contributed by atoms with E-state index >= 15 is 0 Å². The van der Waals surface area contributed by atoms with Crippen LogP contribution in [-0.2, 0) is 15.0 Å². The average molecular weight is 368 g/mol. The Kier molecular flexibility index (Phi) is 6.24. The van der Waals surface area contributed by atoms with Gasteiger partial charge in [-0.2, -0.15) is 17.0 Å². The van der Waals surface area contributed by atoms with E-state index in [1.54, 1.807) is 0 Å². The van der Waals surface area contributed by atoms with Gasteiger partial charge in [0.25, 0.3) is 10.2 Å². The van der Waals surface area contributed by atoms with Crippen molar-refractivity contribution >= 4 is 16.1 Å². The molecule has 140 valence electrons. The Balaban J connectivity index is 1.96. The minimum absolute atomic E-state index is 0.00954. The van der Waals surface area contributed by atoms with Crippen molar-refractivity contribution < 1.29 is 13.2 Å². The van der Waals surface area contributed by atoms with Crippen LogP contribution >= 0.6 is 0 Å². The second kappa shape index (κ2) is 7.85. The smallest absolute Gasteiger partial charge is 0.281 e. The molecule has 1 fully saturated rings. The molecular formula is C18H29N3O3S. The Morgan fingerprint density at radius 2 is 1.84 bits per heavy atom. The van der Waals surface area contributed by atoms with Gasteiger partial charge in [-0.05, 0) is 44.7 Å². The number of rotatable bonds is 5. The number of hydrogen-bond donors (Lipinski definition) is 1. The summed E-state index contributed by atoms with van der Waals surface area (Å²) in [5.74, 6) is -0.128. The van der Waals surface area contributed by atoms with E-state index in [0.717, 1.165) is 11.1 Å². The minimum atomic E-state index is -3.39. The number of nitrogens with one attached hydrogen (secondary N) is 1. The lowest BCUT2D eigenvalue weighted by Gasteiger charge is -2.32. The van der Waals surface area contributed by atoms with Crippen molar-refractivity contribution in [3.05, 3.63) is 34.9 Å². The zero-order valence-corrected chi connectivity index (χ0v) is 16.6. The quantitative estimate of drug-likeness (QED) is 0.865. The van der Waals surface area contributed by atoms with Gasteiger partial charge in [0.15, 0.2) is 0 Å². The Morgan fingerprint density at radius 1 is 1.24 bits per heavy atom. The number of nitrogens with zero attached hydrogens (tertiary/aromatic N) is 2. The molecule has 0 aliphatic carbocycles. The van der Waals surface area contributed by atoms with E-state index in [1.165, 1.54) is 28.3 Å². The van der Waals surface area contributed by atoms with Gasteiger partial charge in [-0.3, -0.25) is 4.79 Å². The molecule has 1 aromatic rings. The maximum atomic E-state index is 12.6. The molecule has 0 spiro atoms. The maximum absolute atomic E-state index is 12.6. The summed E-state index contributed by atoms with van der Waals surface area (Å²) < 4.78 is 27.0. The lowest BCUT2D eigenvalue weighted by atomic mass is 9.95. The summed E-state index contributed by atoms with van der Waals surface area (Å²) in [5, 5.41) is 3.09. The summed E-state index contributed by atoms with van der Waals surface area (Å²) >= 11 is 0. The molecule has 1 amide bonds. The first-order valence-corrected chi connectivity index (χ1v) is 10.1. The summed E-state index contributed by atoms with van der Waals surface area (Å²) in [6, 6.07) is 6.18. The van der Waals surface area contributed by atoms with Gasteiger partial charge in [0.05, 0.1) is 6.04 Å². The van der Waals surface area contributed by atoms with Crippen molar-refractivity contribution in [1.82, 2.24) is 13.9 Å². The number of carbonyl (C=O) groups excluding carboxylic acids is 1. The first kappa shape index (κ1) is 19.9. The molecule has 6 nitrogen and oxygen atoms in total. The van der Waals surface area contributed by atoms with E-state index < -0.39 is 10.2 Å². The van der Waals surface area contributed by atoms with Crippen LogP contribution in [0.15, 0.2) is 18.2 Å². The molecule has 0 unspecified atom stereocenters. The van der Waals surface area contributed by atoms with E-state index in [1.807, 2.05) is 20.8 Å². The molecule has 7 heteroatoms. The molecular weight excluding hydrogens is 338 g/mol. The zero-order chi connectivity index (χ0) is 18.8. The Morgan fingerprint density at radius 3 is 2.40 bits per heavy atom. The van der Waals surface area contributed by atoms with Crippen LogP contribution in [0.2, 0.25) is 0 Å². The Bertz CT molecular complexity index is 723. The third-order valence-electron chi connectivity index (χ3n) is 4.87. The molecule has 25 heavy (non-hydrogen) atoms. The fourth-order valence-corrected chi connectivity index (χ4v) is 4.35. The molecule has 1 N–H and O–H groups in total. The molecule has 1 aromatic carbocycles. The topological polar surface area (TPSA) is 69.7 Å². The SMILES string of the molecule is Cc1ccc(C)c([C@@H](C)NC(=O)C2CCN(S(=O)(=O)N(C)C)CC2)c1. The van der Waals surface area contributed by atoms with Crippen molar-refractivity contribution in [2.75, 3.05) is 27.2 Å². The van der Waals surface area contributed by atoms with Crippen molar-refractivity contribution in [3.8, 4) is 0 Å². The third kappa shape index (κ3) is 4.59. The highest BCUT2D eigenvalue weighted by atomic mass is 32.2. The van der Waals surface area contributed by atoms with Crippen LogP contribution in [0, 0.1) is 19.8 Å². The van der Waals surface area contributed by atoms with Crippen molar-refractivity contribution in [1.29, 1.82) is 0 Å². The molecule has 1 aliphatic rings. The summed E-state index contributed by atoms with van der Waals surface area (Å²) in [5.41, 5.74) is 3.45. The Hall–Kier alpha value is -1.44. The fraction of sp³-hybridized carbons (Fsp3) is 0.611. The zero-order valence-electron chi connectivity index (χ0n) is 15.7. The van der Waals surface area contributed by atoms with Crippen LogP contribution in [0.25, 0.3) is 0 Å². The summed E-state index contributed by atoms with van der Waals surface area (Å²) in [7, 11) is -0.335. The molecule has 0 radical (unpaired) electrons. The standard InChI is InChI=1S/C18H29N3O3S/c1-13-6-7-14(2)17(12-13)15(3)19-18(22)16-8-10-21(11-9-16)25(23,24)20(4)5/h6-7,12,15-16H,8-11H2,1-5H3,(H,19,22)/t15-/m1/s1. The summed E-state index contributed by atoms with van der Waals surface area (Å²) in [6.07, 6.45) is 1.11. The van der Waals surface area contributed by atoms with Crippen molar-refractivity contribution in [2.24, 2.45) is 5.92 Å². The molecule has 1 heterocycles. The third-order valence-corrected chi connectivity index (χ3v) is 6.81. The van der Waals surface area contributed by atoms with E-state index in [9.17, 15) is 13.2 Å². The number of piperidine rings is 1. The predicted octanol–water partition coefficient (Wildman–Crippen LogP) is 2.00. The molecule has 1 atom stereocenters. The Labute approximate surface area is 151 Å². The number of amides is 1. The highest BCUT2D eigenvalue weighted by Gasteiger charge is 2.32. The number of hydrogen-bond acceptors (Lipinski definition) is 3. The molecule has 0 saturated carbocycles. The largest absolute Gasteiger partial charge is 0.349 e. The first-order chi connectivity index (χ1) is 11.6. The highest BCUT2D eigenvalue weighted by molar-refractivity contribution is 7.86. The van der Waals surface area contributed by atoms with Crippen molar-refractivity contribution in [3.63, 3.8) is 0 Å². The summed E-state index contributed by atoms with van der Waals surface area (Å²) in [4.78, 5) is 12.6. The van der Waals surface area contributed by atoms with Crippen LogP contribution in [0.1, 0.15) is 42.5 Å². The second-order valence-electron chi connectivity index (χ2n) is 7.05. The highest BCUT2D eigenvalue weighted by Crippen LogP contribution is 2.23. The lowest BCUT2D eigenvalue weighted by molar-refractivity contribution is -0.126. The van der Waals surface area contributed by atoms with Gasteiger partial charge in [0, 0.05) is 33.1 Å². The van der Waals surface area contributed by atoms with Gasteiger partial charge in [-0.15, -0.1) is 0 Å². The number of benzene rings is 1. The monoisotopic (exact) mass is 367 g/mol. The van der Waals surface area contributed by atoms with Gasteiger partial charge >= 0.3 is 0 Å². The lowest BCUT2D eigenvalue weighted by Crippen LogP contribution is -2.47. The molecule has 0 bridgehead atoms. The predicted molar refractivity (Wildman–Crippen MR) is 99.4 cm³/mol. The van der Waals surface area contributed by atoms with E-state index in [4.69, 9.17) is 0 Å². The first-order valence-electron chi connectivity index (χ1n) is 8.68. The van der Waals surface area contributed by atoms with Gasteiger partial charge in [0.2, 0.25) is 5.91 Å².